The molecule has 0 aromatic heterocycles. The van der Waals surface area contributed by atoms with E-state index in [2.05, 4.69) is 6.08 Å². The smallest absolute Gasteiger partial charge is 0.462 e. The van der Waals surface area contributed by atoms with Crippen LogP contribution in [0.25, 0.3) is 0 Å². The molecule has 0 saturated carbocycles. The van der Waals surface area contributed by atoms with Gasteiger partial charge in [0.15, 0.2) is 0 Å². The number of carbonyl (C=O) groups is 1. The Morgan fingerprint density at radius 1 is 1.08 bits per heavy atom. The molecule has 1 fully saturated rings. The molecule has 1 heterocycles. The monoisotopic (exact) mass is 330 g/mol. The lowest BCUT2D eigenvalue weighted by molar-refractivity contribution is 0.00578. The van der Waals surface area contributed by atoms with Crippen LogP contribution in [0.2, 0.25) is 0 Å². The fourth-order valence-corrected chi connectivity index (χ4v) is 2.36. The molecule has 5 heteroatoms. The van der Waals surface area contributed by atoms with Gasteiger partial charge in [-0.15, -0.1) is 0 Å². The van der Waals surface area contributed by atoms with Gasteiger partial charge in [0, 0.05) is 0 Å². The van der Waals surface area contributed by atoms with E-state index in [1.807, 2.05) is 51.9 Å². The number of esters is 1. The third-order valence-corrected chi connectivity index (χ3v) is 4.57. The third kappa shape index (κ3) is 4.95. The van der Waals surface area contributed by atoms with Gasteiger partial charge < -0.3 is 14.0 Å². The summed E-state index contributed by atoms with van der Waals surface area (Å²) in [4.78, 5) is 11.8. The first-order valence-electron chi connectivity index (χ1n) is 8.56. The Morgan fingerprint density at radius 2 is 1.71 bits per heavy atom. The predicted octanol–water partition coefficient (Wildman–Crippen LogP) is 4.20. The van der Waals surface area contributed by atoms with Crippen LogP contribution in [0.3, 0.4) is 0 Å². The van der Waals surface area contributed by atoms with Gasteiger partial charge in [-0.3, -0.25) is 0 Å². The van der Waals surface area contributed by atoms with Crippen molar-refractivity contribution in [3.8, 4) is 0 Å². The van der Waals surface area contributed by atoms with Crippen LogP contribution in [0.1, 0.15) is 57.3 Å². The number of rotatable bonds is 7. The lowest BCUT2D eigenvalue weighted by atomic mass is 9.89. The number of allylic oxidation sites excluding steroid dienone is 1. The maximum absolute atomic E-state index is 11.8. The fourth-order valence-electron chi connectivity index (χ4n) is 2.36. The highest BCUT2D eigenvalue weighted by molar-refractivity contribution is 6.51. The van der Waals surface area contributed by atoms with Crippen LogP contribution in [0, 0.1) is 0 Å². The van der Waals surface area contributed by atoms with E-state index in [0.29, 0.717) is 12.2 Å². The van der Waals surface area contributed by atoms with E-state index < -0.39 is 0 Å². The van der Waals surface area contributed by atoms with Gasteiger partial charge in [0.05, 0.1) is 23.4 Å². The summed E-state index contributed by atoms with van der Waals surface area (Å²) in [5.74, 6) is 1.70. The summed E-state index contributed by atoms with van der Waals surface area (Å²) in [6, 6.07) is 9.06. The van der Waals surface area contributed by atoms with Crippen molar-refractivity contribution >= 4 is 13.1 Å². The maximum Gasteiger partial charge on any atom is 0.486 e. The normalized spacial score (nSPS) is 18.9. The molecule has 0 spiro atoms. The summed E-state index contributed by atoms with van der Waals surface area (Å²) >= 11 is 0. The van der Waals surface area contributed by atoms with Crippen LogP contribution in [0.5, 0.6) is 0 Å². The topological polar surface area (TPSA) is 44.8 Å². The first-order chi connectivity index (χ1) is 11.3. The van der Waals surface area contributed by atoms with Crippen LogP contribution >= 0.6 is 0 Å². The lowest BCUT2D eigenvalue weighted by Gasteiger charge is -2.32. The first kappa shape index (κ1) is 18.7. The number of unbranched alkanes of at least 4 members (excludes halogenated alkanes) is 2. The number of carbonyl (C=O) groups excluding carboxylic acids is 1. The predicted molar refractivity (Wildman–Crippen MR) is 95.8 cm³/mol. The molecule has 0 atom stereocenters. The molecule has 0 radical (unpaired) electrons. The van der Waals surface area contributed by atoms with Gasteiger partial charge in [0.25, 0.3) is 0 Å². The van der Waals surface area contributed by atoms with Gasteiger partial charge in [-0.25, -0.2) is 4.79 Å². The number of hydrogen-bond donors (Lipinski definition) is 0. The van der Waals surface area contributed by atoms with Gasteiger partial charge in [-0.2, -0.15) is 0 Å². The molecule has 1 aliphatic rings. The number of ether oxygens (including phenoxy) is 1. The Morgan fingerprint density at radius 3 is 2.33 bits per heavy atom. The van der Waals surface area contributed by atoms with E-state index in [1.165, 1.54) is 0 Å². The van der Waals surface area contributed by atoms with Crippen molar-refractivity contribution in [2.24, 2.45) is 0 Å². The molecule has 2 rings (SSSR count). The Kier molecular flexibility index (Phi) is 6.24. The molecular formula is C19H27BO4. The Labute approximate surface area is 145 Å². The second kappa shape index (κ2) is 7.99. The van der Waals surface area contributed by atoms with E-state index >= 15 is 0 Å². The van der Waals surface area contributed by atoms with Crippen LogP contribution in [-0.4, -0.2) is 30.9 Å². The second-order valence-electron chi connectivity index (χ2n) is 7.05. The summed E-state index contributed by atoms with van der Waals surface area (Å²) in [6.07, 6.45) is 4.78. The third-order valence-electron chi connectivity index (χ3n) is 4.57. The van der Waals surface area contributed by atoms with E-state index in [0.717, 1.165) is 19.3 Å². The van der Waals surface area contributed by atoms with Gasteiger partial charge in [-0.05, 0) is 59.1 Å². The Hall–Kier alpha value is -1.59. The zero-order chi connectivity index (χ0) is 17.6. The number of benzene rings is 1. The largest absolute Gasteiger partial charge is 0.486 e. The minimum absolute atomic E-state index is 0.261. The van der Waals surface area contributed by atoms with Crippen LogP contribution in [0.15, 0.2) is 42.4 Å². The van der Waals surface area contributed by atoms with Gasteiger partial charge in [0.2, 0.25) is 0 Å². The maximum atomic E-state index is 11.8. The minimum atomic E-state index is -0.298. The molecule has 0 unspecified atom stereocenters. The molecule has 1 aliphatic heterocycles. The van der Waals surface area contributed by atoms with Crippen molar-refractivity contribution in [3.63, 3.8) is 0 Å². The zero-order valence-electron chi connectivity index (χ0n) is 15.1. The van der Waals surface area contributed by atoms with E-state index in [9.17, 15) is 4.79 Å². The van der Waals surface area contributed by atoms with Crippen molar-refractivity contribution in [1.82, 2.24) is 0 Å². The number of hydrogen-bond acceptors (Lipinski definition) is 4. The molecule has 130 valence electrons. The van der Waals surface area contributed by atoms with E-state index in [1.54, 1.807) is 12.1 Å². The summed E-state index contributed by atoms with van der Waals surface area (Å²) in [6.45, 7) is 8.62. The standard InChI is InChI=1S/C19H27BO4/c1-18(2)19(3,4)24-20(23-18)14-10-5-6-11-15-22-17(21)16-12-8-7-9-13-16/h7-10,12-14H,5-6,11,15H2,1-4H3. The summed E-state index contributed by atoms with van der Waals surface area (Å²) in [5, 5.41) is 0. The van der Waals surface area contributed by atoms with Crippen molar-refractivity contribution < 1.29 is 18.8 Å². The molecule has 1 saturated heterocycles. The summed E-state index contributed by atoms with van der Waals surface area (Å²) < 4.78 is 17.0. The zero-order valence-corrected chi connectivity index (χ0v) is 15.1. The molecular weight excluding hydrogens is 303 g/mol. The molecule has 24 heavy (non-hydrogen) atoms. The average Bonchev–Trinajstić information content (AvgIpc) is 2.74. The Bertz CT molecular complexity index is 550. The van der Waals surface area contributed by atoms with E-state index in [4.69, 9.17) is 14.0 Å². The molecule has 1 aromatic rings. The molecule has 1 aromatic carbocycles. The highest BCUT2D eigenvalue weighted by atomic mass is 16.7. The van der Waals surface area contributed by atoms with E-state index in [-0.39, 0.29) is 24.3 Å². The first-order valence-corrected chi connectivity index (χ1v) is 8.56. The molecule has 4 nitrogen and oxygen atoms in total. The second-order valence-corrected chi connectivity index (χ2v) is 7.05. The quantitative estimate of drug-likeness (QED) is 0.427. The van der Waals surface area contributed by atoms with Crippen LogP contribution in [0.4, 0.5) is 0 Å². The van der Waals surface area contributed by atoms with Crippen LogP contribution < -0.4 is 0 Å². The molecule has 0 aliphatic carbocycles. The molecule has 0 bridgehead atoms. The van der Waals surface area contributed by atoms with Crippen molar-refractivity contribution in [3.05, 3.63) is 47.9 Å². The van der Waals surface area contributed by atoms with Crippen molar-refractivity contribution in [2.45, 2.75) is 58.2 Å². The average molecular weight is 330 g/mol. The van der Waals surface area contributed by atoms with Gasteiger partial charge >= 0.3 is 13.1 Å². The van der Waals surface area contributed by atoms with Crippen LogP contribution in [-0.2, 0) is 14.0 Å². The Balaban J connectivity index is 1.60. The molecule has 0 N–H and O–H groups in total. The molecule has 0 amide bonds. The minimum Gasteiger partial charge on any atom is -0.462 e. The highest BCUT2D eigenvalue weighted by Crippen LogP contribution is 2.36. The summed E-state index contributed by atoms with van der Waals surface area (Å²) in [7, 11) is -0.286. The van der Waals surface area contributed by atoms with Gasteiger partial charge in [0.1, 0.15) is 0 Å². The fraction of sp³-hybridized carbons (Fsp3) is 0.526. The summed E-state index contributed by atoms with van der Waals surface area (Å²) in [5.41, 5.74) is -0.000425. The van der Waals surface area contributed by atoms with Crippen molar-refractivity contribution in [1.29, 1.82) is 0 Å². The SMILES string of the molecule is CC1(C)OB(C=CCCCCOC(=O)c2ccccc2)OC1(C)C. The van der Waals surface area contributed by atoms with Crippen molar-refractivity contribution in [2.75, 3.05) is 6.61 Å². The highest BCUT2D eigenvalue weighted by Gasteiger charge is 2.49. The lowest BCUT2D eigenvalue weighted by Crippen LogP contribution is -2.41. The van der Waals surface area contributed by atoms with Gasteiger partial charge in [-0.1, -0.05) is 30.3 Å².